The highest BCUT2D eigenvalue weighted by atomic mass is 32.1. The second kappa shape index (κ2) is 13.4. The highest BCUT2D eigenvalue weighted by Gasteiger charge is 2.24. The molecule has 4 aromatic heterocycles. The Kier molecular flexibility index (Phi) is 8.03. The van der Waals surface area contributed by atoms with Crippen LogP contribution in [-0.4, -0.2) is 9.13 Å². The third-order valence-corrected chi connectivity index (χ3v) is 13.4. The van der Waals surface area contributed by atoms with E-state index in [2.05, 4.69) is 156 Å². The lowest BCUT2D eigenvalue weighted by atomic mass is 9.90. The summed E-state index contributed by atoms with van der Waals surface area (Å²) in [6, 6.07) is 49.3. The maximum absolute atomic E-state index is 7.20. The number of fused-ring (bicyclic) bond motifs is 13. The van der Waals surface area contributed by atoms with Gasteiger partial charge in [-0.05, 0) is 85.3 Å². The molecule has 0 radical (unpaired) electrons. The van der Waals surface area contributed by atoms with Gasteiger partial charge < -0.3 is 13.6 Å². The normalized spacial score (nSPS) is 12.3. The lowest BCUT2D eigenvalue weighted by Crippen LogP contribution is -1.98. The Bertz CT molecular complexity index is 3190. The minimum atomic E-state index is 0.964. The van der Waals surface area contributed by atoms with Crippen molar-refractivity contribution in [2.75, 3.05) is 0 Å². The summed E-state index contributed by atoms with van der Waals surface area (Å²) in [4.78, 5) is 0. The smallest absolute Gasteiger partial charge is 0.140 e. The van der Waals surface area contributed by atoms with Crippen LogP contribution in [0.15, 0.2) is 138 Å². The molecule has 4 heterocycles. The number of aromatic nitrogens is 2. The maximum atomic E-state index is 7.20. The van der Waals surface area contributed by atoms with Gasteiger partial charge in [0.15, 0.2) is 0 Å². The molecule has 0 aliphatic carbocycles. The topological polar surface area (TPSA) is 23.0 Å². The van der Waals surface area contributed by atoms with Crippen LogP contribution in [-0.2, 0) is 12.8 Å². The van der Waals surface area contributed by atoms with Crippen LogP contribution in [0.25, 0.3) is 97.1 Å². The number of thiophene rings is 1. The van der Waals surface area contributed by atoms with E-state index in [1.807, 2.05) is 11.3 Å². The second-order valence-electron chi connectivity index (χ2n) is 15.6. The zero-order valence-electron chi connectivity index (χ0n) is 32.1. The van der Waals surface area contributed by atoms with Gasteiger partial charge in [-0.2, -0.15) is 0 Å². The van der Waals surface area contributed by atoms with Crippen molar-refractivity contribution < 1.29 is 4.42 Å². The molecule has 0 aliphatic heterocycles. The van der Waals surface area contributed by atoms with Crippen molar-refractivity contribution in [1.82, 2.24) is 9.13 Å². The predicted octanol–water partition coefficient (Wildman–Crippen LogP) is 15.6. The molecule has 11 aromatic rings. The van der Waals surface area contributed by atoms with Crippen LogP contribution in [0.2, 0.25) is 0 Å². The molecular formula is C52H44N2OS. The van der Waals surface area contributed by atoms with Crippen LogP contribution in [0, 0.1) is 0 Å². The second-order valence-corrected chi connectivity index (χ2v) is 16.6. The number of benzene rings is 7. The van der Waals surface area contributed by atoms with Crippen LogP contribution in [0.3, 0.4) is 0 Å². The molecule has 0 saturated heterocycles. The number of unbranched alkanes of at least 4 members (excludes halogenated alkanes) is 4. The number of hydrogen-bond acceptors (Lipinski definition) is 2. The first-order valence-electron chi connectivity index (χ1n) is 20.6. The average Bonchev–Trinajstić information content (AvgIpc) is 3.99. The van der Waals surface area contributed by atoms with Gasteiger partial charge in [0.1, 0.15) is 11.2 Å². The van der Waals surface area contributed by atoms with Crippen molar-refractivity contribution in [3.63, 3.8) is 0 Å². The summed E-state index contributed by atoms with van der Waals surface area (Å²) in [5, 5.41) is 10.4. The lowest BCUT2D eigenvalue weighted by Gasteiger charge is -2.14. The molecule has 11 rings (SSSR count). The standard InChI is InChI=1S/C52H44N2OS/c1-3-5-7-21-39-40(22-8-6-4-2)51-50(41-29-27-33(31-47(41)55-51)53-43-23-13-9-17-35(43)36-18-10-14-24-44(36)53)52-49(39)42-30-28-34(32-48(42)56-52)54-45-25-15-11-19-37(45)38-20-12-16-26-46(38)54/h9-20,23-32H,3-8,21-22H2,1-2H3. The van der Waals surface area contributed by atoms with Gasteiger partial charge in [-0.3, -0.25) is 0 Å². The molecule has 0 saturated carbocycles. The van der Waals surface area contributed by atoms with Crippen molar-refractivity contribution in [3.05, 3.63) is 145 Å². The highest BCUT2D eigenvalue weighted by Crippen LogP contribution is 2.48. The Morgan fingerprint density at radius 3 is 1.48 bits per heavy atom. The fourth-order valence-electron chi connectivity index (χ4n) is 9.70. The SMILES string of the molecule is CCCCCc1c(CCCCC)c2c3ccc(-n4c5ccccc5c5ccccc54)cc3sc2c2c1oc1cc(-n3c4ccccc4c4ccccc43)ccc12. The van der Waals surface area contributed by atoms with E-state index in [1.165, 1.54) is 130 Å². The molecule has 0 bridgehead atoms. The lowest BCUT2D eigenvalue weighted by molar-refractivity contribution is 0.648. The van der Waals surface area contributed by atoms with Gasteiger partial charge in [0.25, 0.3) is 0 Å². The predicted molar refractivity (Wildman–Crippen MR) is 242 cm³/mol. The molecule has 7 aromatic carbocycles. The van der Waals surface area contributed by atoms with E-state index in [-0.39, 0.29) is 0 Å². The summed E-state index contributed by atoms with van der Waals surface area (Å²) in [5.41, 5.74) is 12.3. The zero-order valence-corrected chi connectivity index (χ0v) is 32.9. The molecule has 0 atom stereocenters. The molecule has 0 amide bonds. The fourth-order valence-corrected chi connectivity index (χ4v) is 11.0. The maximum Gasteiger partial charge on any atom is 0.140 e. The number of rotatable bonds is 10. The summed E-state index contributed by atoms with van der Waals surface area (Å²) in [5.74, 6) is 0. The number of furan rings is 1. The molecule has 0 fully saturated rings. The van der Waals surface area contributed by atoms with E-state index in [0.717, 1.165) is 29.7 Å². The average molecular weight is 745 g/mol. The minimum Gasteiger partial charge on any atom is -0.456 e. The van der Waals surface area contributed by atoms with Crippen LogP contribution < -0.4 is 0 Å². The summed E-state index contributed by atoms with van der Waals surface area (Å²) in [6.45, 7) is 4.62. The van der Waals surface area contributed by atoms with Crippen LogP contribution >= 0.6 is 11.3 Å². The highest BCUT2D eigenvalue weighted by molar-refractivity contribution is 7.26. The number of hydrogen-bond donors (Lipinski definition) is 0. The van der Waals surface area contributed by atoms with Gasteiger partial charge in [0, 0.05) is 69.9 Å². The van der Waals surface area contributed by atoms with E-state index >= 15 is 0 Å². The third-order valence-electron chi connectivity index (χ3n) is 12.3. The molecule has 56 heavy (non-hydrogen) atoms. The summed E-state index contributed by atoms with van der Waals surface area (Å²) < 4.78 is 14.7. The number of aryl methyl sites for hydroxylation is 2. The van der Waals surface area contributed by atoms with Crippen molar-refractivity contribution in [1.29, 1.82) is 0 Å². The molecule has 0 N–H and O–H groups in total. The Morgan fingerprint density at radius 1 is 0.464 bits per heavy atom. The molecule has 0 unspecified atom stereocenters. The largest absolute Gasteiger partial charge is 0.456 e. The van der Waals surface area contributed by atoms with Crippen molar-refractivity contribution >= 4 is 97.1 Å². The molecule has 4 heteroatoms. The first kappa shape index (κ1) is 33.5. The van der Waals surface area contributed by atoms with Gasteiger partial charge in [-0.25, -0.2) is 0 Å². The first-order valence-corrected chi connectivity index (χ1v) is 21.4. The van der Waals surface area contributed by atoms with Gasteiger partial charge in [-0.1, -0.05) is 118 Å². The number of nitrogens with zero attached hydrogens (tertiary/aromatic N) is 2. The molecule has 3 nitrogen and oxygen atoms in total. The van der Waals surface area contributed by atoms with Crippen LogP contribution in [0.4, 0.5) is 0 Å². The monoisotopic (exact) mass is 744 g/mol. The van der Waals surface area contributed by atoms with E-state index in [0.29, 0.717) is 0 Å². The minimum absolute atomic E-state index is 0.964. The summed E-state index contributed by atoms with van der Waals surface area (Å²) in [7, 11) is 0. The Balaban J connectivity index is 1.19. The van der Waals surface area contributed by atoms with E-state index in [4.69, 9.17) is 4.42 Å². The van der Waals surface area contributed by atoms with E-state index in [1.54, 1.807) is 0 Å². The Morgan fingerprint density at radius 2 is 0.946 bits per heavy atom. The molecular weight excluding hydrogens is 701 g/mol. The van der Waals surface area contributed by atoms with E-state index in [9.17, 15) is 0 Å². The fraction of sp³-hybridized carbons (Fsp3) is 0.192. The summed E-state index contributed by atoms with van der Waals surface area (Å²) in [6.07, 6.45) is 9.33. The van der Waals surface area contributed by atoms with Gasteiger partial charge in [-0.15, -0.1) is 11.3 Å². The quantitative estimate of drug-likeness (QED) is 0.128. The van der Waals surface area contributed by atoms with Crippen LogP contribution in [0.1, 0.15) is 63.5 Å². The van der Waals surface area contributed by atoms with Gasteiger partial charge >= 0.3 is 0 Å². The van der Waals surface area contributed by atoms with Gasteiger partial charge in [0.05, 0.1) is 22.1 Å². The first-order chi connectivity index (χ1) is 27.7. The van der Waals surface area contributed by atoms with Crippen molar-refractivity contribution in [3.8, 4) is 11.4 Å². The molecule has 0 aliphatic rings. The van der Waals surface area contributed by atoms with Crippen molar-refractivity contribution in [2.24, 2.45) is 0 Å². The molecule has 0 spiro atoms. The zero-order chi connectivity index (χ0) is 37.3. The van der Waals surface area contributed by atoms with Crippen LogP contribution in [0.5, 0.6) is 0 Å². The van der Waals surface area contributed by atoms with E-state index < -0.39 is 0 Å². The molecule has 274 valence electrons. The Hall–Kier alpha value is -5.84. The van der Waals surface area contributed by atoms with Gasteiger partial charge in [0.2, 0.25) is 0 Å². The van der Waals surface area contributed by atoms with Crippen molar-refractivity contribution in [2.45, 2.75) is 65.2 Å². The Labute approximate surface area is 330 Å². The number of para-hydroxylation sites is 4. The summed E-state index contributed by atoms with van der Waals surface area (Å²) >= 11 is 1.95. The third kappa shape index (κ3) is 5.01.